The fourth-order valence-electron chi connectivity index (χ4n) is 1.79. The van der Waals surface area contributed by atoms with Crippen LogP contribution in [-0.4, -0.2) is 23.7 Å². The first-order valence-corrected chi connectivity index (χ1v) is 7.49. The number of ether oxygens (including phenoxy) is 1. The molecular weight excluding hydrogens is 323 g/mol. The minimum absolute atomic E-state index is 0.0648. The number of nitro benzene ring substituents is 1. The molecule has 0 bridgehead atoms. The summed E-state index contributed by atoms with van der Waals surface area (Å²) < 4.78 is 18.4. The van der Waals surface area contributed by atoms with Crippen molar-refractivity contribution in [1.82, 2.24) is 0 Å². The standard InChI is InChI=1S/C15H13FN2O4S/c1-22-10-6-7-12(13(8-10)18(20)21)17-15(19)9-23-14-5-3-2-4-11(14)16/h2-8H,9H2,1H3,(H,17,19). The predicted molar refractivity (Wildman–Crippen MR) is 85.4 cm³/mol. The van der Waals surface area contributed by atoms with Crippen LogP contribution in [0.25, 0.3) is 0 Å². The van der Waals surface area contributed by atoms with E-state index < -0.39 is 16.6 Å². The van der Waals surface area contributed by atoms with Gasteiger partial charge in [0.2, 0.25) is 5.91 Å². The SMILES string of the molecule is COc1ccc(NC(=O)CSc2ccccc2F)c([N+](=O)[O-])c1. The van der Waals surface area contributed by atoms with E-state index in [4.69, 9.17) is 4.74 Å². The Labute approximate surface area is 135 Å². The van der Waals surface area contributed by atoms with Gasteiger partial charge in [0.05, 0.1) is 23.9 Å². The highest BCUT2D eigenvalue weighted by Gasteiger charge is 2.17. The number of anilines is 1. The average molecular weight is 336 g/mol. The van der Waals surface area contributed by atoms with Crippen molar-refractivity contribution >= 4 is 29.0 Å². The number of nitrogens with zero attached hydrogens (tertiary/aromatic N) is 1. The summed E-state index contributed by atoms with van der Waals surface area (Å²) in [5.41, 5.74) is -0.205. The molecule has 0 aliphatic carbocycles. The highest BCUT2D eigenvalue weighted by atomic mass is 32.2. The van der Waals surface area contributed by atoms with Crippen molar-refractivity contribution in [3.8, 4) is 5.75 Å². The lowest BCUT2D eigenvalue weighted by Gasteiger charge is -2.07. The lowest BCUT2D eigenvalue weighted by molar-refractivity contribution is -0.384. The van der Waals surface area contributed by atoms with Crippen LogP contribution in [0.15, 0.2) is 47.4 Å². The van der Waals surface area contributed by atoms with Crippen molar-refractivity contribution in [2.75, 3.05) is 18.2 Å². The van der Waals surface area contributed by atoms with Crippen molar-refractivity contribution in [1.29, 1.82) is 0 Å². The van der Waals surface area contributed by atoms with Gasteiger partial charge < -0.3 is 10.1 Å². The molecule has 0 radical (unpaired) electrons. The van der Waals surface area contributed by atoms with E-state index in [0.717, 1.165) is 11.8 Å². The second-order valence-electron chi connectivity index (χ2n) is 4.41. The summed E-state index contributed by atoms with van der Waals surface area (Å²) in [5, 5.41) is 13.5. The lowest BCUT2D eigenvalue weighted by atomic mass is 10.2. The van der Waals surface area contributed by atoms with Crippen molar-refractivity contribution in [2.24, 2.45) is 0 Å². The topological polar surface area (TPSA) is 81.5 Å². The number of methoxy groups -OCH3 is 1. The van der Waals surface area contributed by atoms with E-state index in [-0.39, 0.29) is 17.1 Å². The van der Waals surface area contributed by atoms with Gasteiger partial charge in [-0.05, 0) is 24.3 Å². The van der Waals surface area contributed by atoms with E-state index in [9.17, 15) is 19.3 Å². The van der Waals surface area contributed by atoms with Gasteiger partial charge in [-0.2, -0.15) is 0 Å². The van der Waals surface area contributed by atoms with Gasteiger partial charge in [-0.15, -0.1) is 11.8 Å². The molecule has 1 amide bonds. The number of hydrogen-bond acceptors (Lipinski definition) is 5. The van der Waals surface area contributed by atoms with E-state index >= 15 is 0 Å². The van der Waals surface area contributed by atoms with Crippen LogP contribution >= 0.6 is 11.8 Å². The number of carbonyl (C=O) groups is 1. The smallest absolute Gasteiger partial charge is 0.296 e. The van der Waals surface area contributed by atoms with E-state index in [1.807, 2.05) is 0 Å². The molecule has 0 fully saturated rings. The number of amides is 1. The minimum Gasteiger partial charge on any atom is -0.496 e. The number of halogens is 1. The molecular formula is C15H13FN2O4S. The van der Waals surface area contributed by atoms with Gasteiger partial charge in [-0.25, -0.2) is 4.39 Å². The Bertz CT molecular complexity index is 739. The molecule has 0 saturated heterocycles. The molecule has 0 unspecified atom stereocenters. The fourth-order valence-corrected chi connectivity index (χ4v) is 2.53. The highest BCUT2D eigenvalue weighted by molar-refractivity contribution is 8.00. The van der Waals surface area contributed by atoms with Crippen molar-refractivity contribution in [3.63, 3.8) is 0 Å². The minimum atomic E-state index is -0.609. The second-order valence-corrected chi connectivity index (χ2v) is 5.42. The maximum atomic E-state index is 13.5. The number of nitrogens with one attached hydrogen (secondary N) is 1. The number of hydrogen-bond donors (Lipinski definition) is 1. The van der Waals surface area contributed by atoms with Gasteiger partial charge in [0.1, 0.15) is 17.3 Å². The van der Waals surface area contributed by atoms with Crippen molar-refractivity contribution in [3.05, 3.63) is 58.4 Å². The first kappa shape index (κ1) is 16.8. The Hall–Kier alpha value is -2.61. The zero-order valence-corrected chi connectivity index (χ0v) is 12.9. The molecule has 23 heavy (non-hydrogen) atoms. The zero-order chi connectivity index (χ0) is 16.8. The first-order valence-electron chi connectivity index (χ1n) is 6.51. The van der Waals surface area contributed by atoms with E-state index in [2.05, 4.69) is 5.32 Å². The summed E-state index contributed by atoms with van der Waals surface area (Å²) in [6, 6.07) is 10.2. The largest absolute Gasteiger partial charge is 0.496 e. The van der Waals surface area contributed by atoms with Crippen LogP contribution in [0.4, 0.5) is 15.8 Å². The molecule has 2 aromatic rings. The predicted octanol–water partition coefficient (Wildman–Crippen LogP) is 3.47. The second kappa shape index (κ2) is 7.59. The summed E-state index contributed by atoms with van der Waals surface area (Å²) in [7, 11) is 1.39. The summed E-state index contributed by atoms with van der Waals surface area (Å²) in [6.45, 7) is 0. The Morgan fingerprint density at radius 1 is 1.35 bits per heavy atom. The van der Waals surface area contributed by atoms with Crippen molar-refractivity contribution in [2.45, 2.75) is 4.90 Å². The van der Waals surface area contributed by atoms with Gasteiger partial charge in [-0.3, -0.25) is 14.9 Å². The zero-order valence-electron chi connectivity index (χ0n) is 12.1. The molecule has 0 saturated carbocycles. The number of nitro groups is 1. The maximum absolute atomic E-state index is 13.5. The van der Waals surface area contributed by atoms with Gasteiger partial charge in [0.15, 0.2) is 0 Å². The molecule has 0 aliphatic heterocycles. The highest BCUT2D eigenvalue weighted by Crippen LogP contribution is 2.29. The van der Waals surface area contributed by atoms with E-state index in [1.54, 1.807) is 18.2 Å². The summed E-state index contributed by atoms with van der Waals surface area (Å²) in [6.07, 6.45) is 0. The van der Waals surface area contributed by atoms with Crippen LogP contribution < -0.4 is 10.1 Å². The quantitative estimate of drug-likeness (QED) is 0.496. The number of thioether (sulfide) groups is 1. The number of benzene rings is 2. The third kappa shape index (κ3) is 4.43. The van der Waals surface area contributed by atoms with Gasteiger partial charge in [0, 0.05) is 4.90 Å². The average Bonchev–Trinajstić information content (AvgIpc) is 2.54. The monoisotopic (exact) mass is 336 g/mol. The van der Waals surface area contributed by atoms with Crippen LogP contribution in [0, 0.1) is 15.9 Å². The molecule has 1 N–H and O–H groups in total. The van der Waals surface area contributed by atoms with Gasteiger partial charge in [0.25, 0.3) is 5.69 Å². The van der Waals surface area contributed by atoms with E-state index in [0.29, 0.717) is 10.6 Å². The van der Waals surface area contributed by atoms with Crippen LogP contribution in [0.2, 0.25) is 0 Å². The first-order chi connectivity index (χ1) is 11.0. The normalized spacial score (nSPS) is 10.2. The summed E-state index contributed by atoms with van der Waals surface area (Å²) >= 11 is 1.01. The van der Waals surface area contributed by atoms with Crippen LogP contribution in [0.3, 0.4) is 0 Å². The lowest BCUT2D eigenvalue weighted by Crippen LogP contribution is -2.15. The molecule has 6 nitrogen and oxygen atoms in total. The molecule has 8 heteroatoms. The Kier molecular flexibility index (Phi) is 5.53. The molecule has 0 heterocycles. The van der Waals surface area contributed by atoms with E-state index in [1.165, 1.54) is 31.4 Å². The van der Waals surface area contributed by atoms with Crippen LogP contribution in [0.1, 0.15) is 0 Å². The third-order valence-electron chi connectivity index (χ3n) is 2.87. The van der Waals surface area contributed by atoms with Crippen LogP contribution in [-0.2, 0) is 4.79 Å². The molecule has 0 aromatic heterocycles. The maximum Gasteiger partial charge on any atom is 0.296 e. The number of rotatable bonds is 6. The molecule has 2 rings (SSSR count). The van der Waals surface area contributed by atoms with Gasteiger partial charge >= 0.3 is 0 Å². The van der Waals surface area contributed by atoms with Crippen LogP contribution in [0.5, 0.6) is 5.75 Å². The Balaban J connectivity index is 2.05. The third-order valence-corrected chi connectivity index (χ3v) is 3.92. The number of carbonyl (C=O) groups excluding carboxylic acids is 1. The molecule has 120 valence electrons. The summed E-state index contributed by atoms with van der Waals surface area (Å²) in [4.78, 5) is 22.7. The Morgan fingerprint density at radius 3 is 2.74 bits per heavy atom. The molecule has 0 atom stereocenters. The fraction of sp³-hybridized carbons (Fsp3) is 0.133. The Morgan fingerprint density at radius 2 is 2.09 bits per heavy atom. The van der Waals surface area contributed by atoms with Crippen molar-refractivity contribution < 1.29 is 18.8 Å². The van der Waals surface area contributed by atoms with Gasteiger partial charge in [-0.1, -0.05) is 12.1 Å². The molecule has 2 aromatic carbocycles. The molecule has 0 aliphatic rings. The summed E-state index contributed by atoms with van der Waals surface area (Å²) in [5.74, 6) is -0.632. The molecule has 0 spiro atoms.